The second-order valence-electron chi connectivity index (χ2n) is 4.47. The average Bonchev–Trinajstić information content (AvgIpc) is 2.48. The third-order valence-electron chi connectivity index (χ3n) is 2.73. The van der Waals surface area contributed by atoms with Crippen molar-refractivity contribution in [1.82, 2.24) is 5.32 Å². The van der Waals surface area contributed by atoms with Crippen LogP contribution in [0, 0.1) is 0 Å². The van der Waals surface area contributed by atoms with Crippen molar-refractivity contribution in [3.63, 3.8) is 0 Å². The number of carbonyl (C=O) groups excluding carboxylic acids is 1. The van der Waals surface area contributed by atoms with Crippen molar-refractivity contribution in [2.24, 2.45) is 0 Å². The first-order valence-corrected chi connectivity index (χ1v) is 8.61. The molecule has 0 saturated heterocycles. The Morgan fingerprint density at radius 3 is 2.13 bits per heavy atom. The molecule has 1 unspecified atom stereocenters. The molecule has 0 aliphatic carbocycles. The van der Waals surface area contributed by atoms with Crippen LogP contribution in [0.1, 0.15) is 10.4 Å². The highest BCUT2D eigenvalue weighted by Crippen LogP contribution is 2.32. The van der Waals surface area contributed by atoms with E-state index in [4.69, 9.17) is 51.1 Å². The standard InChI is InChI=1S/C15H10BrCl4NO2/c16-10-3-7-12(8-4-10)23-14(15(18,19)20)21-13(22)9-1-5-11(17)6-2-9/h1-8,14H,(H,21,22). The van der Waals surface area contributed by atoms with Crippen LogP contribution in [-0.2, 0) is 0 Å². The minimum absolute atomic E-state index is 0.369. The molecule has 0 heterocycles. The minimum Gasteiger partial charge on any atom is -0.466 e. The van der Waals surface area contributed by atoms with Gasteiger partial charge in [-0.15, -0.1) is 0 Å². The first kappa shape index (κ1) is 18.7. The highest BCUT2D eigenvalue weighted by Gasteiger charge is 2.36. The zero-order valence-corrected chi connectivity index (χ0v) is 16.0. The summed E-state index contributed by atoms with van der Waals surface area (Å²) in [6, 6.07) is 13.2. The lowest BCUT2D eigenvalue weighted by molar-refractivity contribution is 0.0833. The van der Waals surface area contributed by atoms with Gasteiger partial charge in [0.05, 0.1) is 0 Å². The summed E-state index contributed by atoms with van der Waals surface area (Å²) in [6.45, 7) is 0. The van der Waals surface area contributed by atoms with Crippen LogP contribution in [0.5, 0.6) is 5.75 Å². The summed E-state index contributed by atoms with van der Waals surface area (Å²) in [5.41, 5.74) is 0.369. The Morgan fingerprint density at radius 1 is 1.04 bits per heavy atom. The van der Waals surface area contributed by atoms with Crippen molar-refractivity contribution in [2.75, 3.05) is 0 Å². The second kappa shape index (κ2) is 7.95. The Kier molecular flexibility index (Phi) is 6.46. The largest absolute Gasteiger partial charge is 0.466 e. The van der Waals surface area contributed by atoms with Crippen LogP contribution in [0.2, 0.25) is 5.02 Å². The van der Waals surface area contributed by atoms with E-state index in [1.165, 1.54) is 0 Å². The first-order valence-electron chi connectivity index (χ1n) is 6.31. The van der Waals surface area contributed by atoms with Gasteiger partial charge in [-0.1, -0.05) is 62.3 Å². The molecule has 23 heavy (non-hydrogen) atoms. The van der Waals surface area contributed by atoms with Gasteiger partial charge < -0.3 is 10.1 Å². The Labute approximate surface area is 161 Å². The van der Waals surface area contributed by atoms with Gasteiger partial charge in [-0.3, -0.25) is 4.79 Å². The lowest BCUT2D eigenvalue weighted by Gasteiger charge is -2.26. The maximum Gasteiger partial charge on any atom is 0.254 e. The molecule has 3 nitrogen and oxygen atoms in total. The quantitative estimate of drug-likeness (QED) is 0.479. The maximum atomic E-state index is 12.2. The van der Waals surface area contributed by atoms with E-state index in [0.29, 0.717) is 16.3 Å². The zero-order valence-electron chi connectivity index (χ0n) is 11.4. The molecule has 2 aromatic rings. The predicted molar refractivity (Wildman–Crippen MR) is 97.8 cm³/mol. The molecule has 0 bridgehead atoms. The smallest absolute Gasteiger partial charge is 0.254 e. The van der Waals surface area contributed by atoms with Gasteiger partial charge in [0.25, 0.3) is 5.91 Å². The normalized spacial score (nSPS) is 12.6. The molecule has 122 valence electrons. The molecule has 0 fully saturated rings. The van der Waals surface area contributed by atoms with Crippen molar-refractivity contribution < 1.29 is 9.53 Å². The molecule has 8 heteroatoms. The van der Waals surface area contributed by atoms with Crippen LogP contribution in [0.4, 0.5) is 0 Å². The maximum absolute atomic E-state index is 12.2. The van der Waals surface area contributed by atoms with E-state index in [1.54, 1.807) is 48.5 Å². The number of ether oxygens (including phenoxy) is 1. The number of amides is 1. The van der Waals surface area contributed by atoms with Gasteiger partial charge in [0, 0.05) is 15.1 Å². The molecule has 1 atom stereocenters. The number of halogens is 5. The molecule has 0 saturated carbocycles. The van der Waals surface area contributed by atoms with Crippen LogP contribution in [-0.4, -0.2) is 15.9 Å². The lowest BCUT2D eigenvalue weighted by Crippen LogP contribution is -2.47. The Balaban J connectivity index is 2.14. The summed E-state index contributed by atoms with van der Waals surface area (Å²) < 4.78 is 4.60. The number of alkyl halides is 3. The fraction of sp³-hybridized carbons (Fsp3) is 0.133. The summed E-state index contributed by atoms with van der Waals surface area (Å²) in [5, 5.41) is 3.06. The molecule has 0 aliphatic rings. The van der Waals surface area contributed by atoms with Crippen LogP contribution in [0.25, 0.3) is 0 Å². The van der Waals surface area contributed by atoms with Gasteiger partial charge in [-0.2, -0.15) is 0 Å². The fourth-order valence-electron chi connectivity index (χ4n) is 1.63. The fourth-order valence-corrected chi connectivity index (χ4v) is 2.32. The summed E-state index contributed by atoms with van der Waals surface area (Å²) in [6.07, 6.45) is -1.17. The van der Waals surface area contributed by atoms with Crippen molar-refractivity contribution in [3.8, 4) is 5.75 Å². The first-order chi connectivity index (χ1) is 10.8. The van der Waals surface area contributed by atoms with E-state index in [-0.39, 0.29) is 0 Å². The van der Waals surface area contributed by atoms with Gasteiger partial charge >= 0.3 is 0 Å². The molecule has 0 spiro atoms. The highest BCUT2D eigenvalue weighted by molar-refractivity contribution is 9.10. The minimum atomic E-state index is -1.85. The molecule has 1 N–H and O–H groups in total. The molecule has 1 amide bonds. The molecular weight excluding hydrogens is 448 g/mol. The molecule has 0 aromatic heterocycles. The van der Waals surface area contributed by atoms with Crippen LogP contribution in [0.15, 0.2) is 53.0 Å². The summed E-state index contributed by atoms with van der Waals surface area (Å²) in [5.74, 6) is -0.00367. The summed E-state index contributed by atoms with van der Waals surface area (Å²) in [4.78, 5) is 12.2. The number of hydrogen-bond donors (Lipinski definition) is 1. The SMILES string of the molecule is O=C(NC(Oc1ccc(Br)cc1)C(Cl)(Cl)Cl)c1ccc(Cl)cc1. The average molecular weight is 458 g/mol. The monoisotopic (exact) mass is 455 g/mol. The van der Waals surface area contributed by atoms with Crippen LogP contribution in [0.3, 0.4) is 0 Å². The van der Waals surface area contributed by atoms with Crippen molar-refractivity contribution in [3.05, 3.63) is 63.6 Å². The third kappa shape index (κ3) is 5.73. The van der Waals surface area contributed by atoms with Gasteiger partial charge in [-0.25, -0.2) is 0 Å². The van der Waals surface area contributed by atoms with E-state index in [1.807, 2.05) is 0 Å². The number of rotatable bonds is 4. The highest BCUT2D eigenvalue weighted by atomic mass is 79.9. The molecule has 2 rings (SSSR count). The van der Waals surface area contributed by atoms with E-state index in [2.05, 4.69) is 21.2 Å². The number of benzene rings is 2. The van der Waals surface area contributed by atoms with Gasteiger partial charge in [0.1, 0.15) is 5.75 Å². The van der Waals surface area contributed by atoms with Crippen LogP contribution >= 0.6 is 62.3 Å². The lowest BCUT2D eigenvalue weighted by atomic mass is 10.2. The van der Waals surface area contributed by atoms with Gasteiger partial charge in [0.15, 0.2) is 0 Å². The van der Waals surface area contributed by atoms with Crippen molar-refractivity contribution in [1.29, 1.82) is 0 Å². The Morgan fingerprint density at radius 2 is 1.61 bits per heavy atom. The Hall–Kier alpha value is -0.650. The zero-order chi connectivity index (χ0) is 17.0. The molecule has 2 aromatic carbocycles. The number of carbonyl (C=O) groups is 1. The number of nitrogens with one attached hydrogen (secondary N) is 1. The second-order valence-corrected chi connectivity index (χ2v) is 8.19. The Bertz CT molecular complexity index is 671. The topological polar surface area (TPSA) is 38.3 Å². The van der Waals surface area contributed by atoms with Crippen molar-refractivity contribution in [2.45, 2.75) is 10.0 Å². The summed E-state index contributed by atoms with van der Waals surface area (Å²) in [7, 11) is 0. The van der Waals surface area contributed by atoms with E-state index >= 15 is 0 Å². The van der Waals surface area contributed by atoms with Crippen molar-refractivity contribution >= 4 is 68.2 Å². The predicted octanol–water partition coefficient (Wildman–Crippen LogP) is 5.61. The van der Waals surface area contributed by atoms with E-state index in [0.717, 1.165) is 4.47 Å². The molecular formula is C15H10BrCl4NO2. The van der Waals surface area contributed by atoms with Gasteiger partial charge in [0.2, 0.25) is 10.0 Å². The third-order valence-corrected chi connectivity index (χ3v) is 4.11. The number of hydrogen-bond acceptors (Lipinski definition) is 2. The molecule has 0 radical (unpaired) electrons. The van der Waals surface area contributed by atoms with E-state index in [9.17, 15) is 4.79 Å². The van der Waals surface area contributed by atoms with E-state index < -0.39 is 15.9 Å². The van der Waals surface area contributed by atoms with Gasteiger partial charge in [-0.05, 0) is 48.5 Å². The molecule has 0 aliphatic heterocycles. The van der Waals surface area contributed by atoms with Crippen LogP contribution < -0.4 is 10.1 Å². The summed E-state index contributed by atoms with van der Waals surface area (Å²) >= 11 is 26.8.